The summed E-state index contributed by atoms with van der Waals surface area (Å²) in [7, 11) is 3.24. The lowest BCUT2D eigenvalue weighted by molar-refractivity contribution is -0.136. The summed E-state index contributed by atoms with van der Waals surface area (Å²) in [6.07, 6.45) is 9.88. The fourth-order valence-electron chi connectivity index (χ4n) is 6.17. The fraction of sp³-hybridized carbons (Fsp3) is 0.448. The van der Waals surface area contributed by atoms with E-state index in [0.29, 0.717) is 29.4 Å². The fourth-order valence-corrected chi connectivity index (χ4v) is 6.17. The smallest absolute Gasteiger partial charge is 0.228 e. The third kappa shape index (κ3) is 4.66. The molecule has 0 bridgehead atoms. The molecule has 8 nitrogen and oxygen atoms in total. The maximum atomic E-state index is 12.8. The third-order valence-electron chi connectivity index (χ3n) is 8.37. The molecular formula is C29H33N5O3. The molecule has 2 aromatic heterocycles. The van der Waals surface area contributed by atoms with E-state index in [1.54, 1.807) is 32.8 Å². The van der Waals surface area contributed by atoms with E-state index in [4.69, 9.17) is 9.47 Å². The molecule has 1 spiro atoms. The van der Waals surface area contributed by atoms with Gasteiger partial charge < -0.3 is 14.4 Å². The number of hydrogen-bond donors (Lipinski definition) is 0. The second-order valence-electron chi connectivity index (χ2n) is 10.6. The topological polar surface area (TPSA) is 80.7 Å². The number of piperidine rings is 1. The molecular weight excluding hydrogens is 466 g/mol. The lowest BCUT2D eigenvalue weighted by atomic mass is 9.71. The number of nitrogens with zero attached hydrogens (tertiary/aromatic N) is 5. The molecule has 0 saturated carbocycles. The SMILES string of the molecule is COc1ccc(CC(=O)N2CCC3(CC2)CN(C2CCc4cc(-c5ncc(OC)cn5)ccc42)C3)nc1. The third-order valence-corrected chi connectivity index (χ3v) is 8.37. The van der Waals surface area contributed by atoms with Crippen LogP contribution in [-0.4, -0.2) is 71.1 Å². The Morgan fingerprint density at radius 1 is 0.973 bits per heavy atom. The van der Waals surface area contributed by atoms with Crippen molar-refractivity contribution in [2.75, 3.05) is 40.4 Å². The first kappa shape index (κ1) is 23.9. The summed E-state index contributed by atoms with van der Waals surface area (Å²) in [5.41, 5.74) is 5.07. The lowest BCUT2D eigenvalue weighted by Gasteiger charge is -2.56. The number of amides is 1. The number of carbonyl (C=O) groups excluding carboxylic acids is 1. The molecule has 1 unspecified atom stereocenters. The molecule has 2 saturated heterocycles. The molecule has 3 aliphatic rings. The first-order chi connectivity index (χ1) is 18.1. The van der Waals surface area contributed by atoms with Crippen LogP contribution in [-0.2, 0) is 17.6 Å². The molecule has 1 aromatic carbocycles. The van der Waals surface area contributed by atoms with Crippen molar-refractivity contribution in [3.05, 3.63) is 65.7 Å². The van der Waals surface area contributed by atoms with E-state index in [9.17, 15) is 4.79 Å². The van der Waals surface area contributed by atoms with Crippen LogP contribution in [0.2, 0.25) is 0 Å². The van der Waals surface area contributed by atoms with E-state index >= 15 is 0 Å². The van der Waals surface area contributed by atoms with Crippen LogP contribution in [0.4, 0.5) is 0 Å². The van der Waals surface area contributed by atoms with E-state index in [-0.39, 0.29) is 5.91 Å². The highest BCUT2D eigenvalue weighted by Crippen LogP contribution is 2.48. The zero-order valence-electron chi connectivity index (χ0n) is 21.5. The Balaban J connectivity index is 1.03. The predicted octanol–water partition coefficient (Wildman–Crippen LogP) is 3.71. The quantitative estimate of drug-likeness (QED) is 0.511. The number of methoxy groups -OCH3 is 2. The largest absolute Gasteiger partial charge is 0.495 e. The maximum absolute atomic E-state index is 12.8. The molecule has 8 heteroatoms. The van der Waals surface area contributed by atoms with Crippen LogP contribution >= 0.6 is 0 Å². The van der Waals surface area contributed by atoms with E-state index in [2.05, 4.69) is 38.1 Å². The van der Waals surface area contributed by atoms with Crippen LogP contribution in [0, 0.1) is 5.41 Å². The first-order valence-electron chi connectivity index (χ1n) is 13.1. The van der Waals surface area contributed by atoms with Gasteiger partial charge in [-0.05, 0) is 60.4 Å². The van der Waals surface area contributed by atoms with Gasteiger partial charge in [-0.25, -0.2) is 9.97 Å². The zero-order chi connectivity index (χ0) is 25.4. The Kier molecular flexibility index (Phi) is 6.28. The summed E-state index contributed by atoms with van der Waals surface area (Å²) in [5.74, 6) is 2.28. The standard InChI is InChI=1S/C29H33N5O3/c1-36-23-6-5-22(30-15-23)14-27(35)33-11-9-29(10-12-33)18-34(19-29)26-8-4-20-13-21(3-7-25(20)26)28-31-16-24(37-2)17-32-28/h3,5-7,13,15-17,26H,4,8-12,14,18-19H2,1-2H3. The highest BCUT2D eigenvalue weighted by atomic mass is 16.5. The highest BCUT2D eigenvalue weighted by molar-refractivity contribution is 5.78. The predicted molar refractivity (Wildman–Crippen MR) is 139 cm³/mol. The number of pyridine rings is 1. The lowest BCUT2D eigenvalue weighted by Crippen LogP contribution is -2.61. The average Bonchev–Trinajstić information content (AvgIpc) is 3.35. The molecule has 6 rings (SSSR count). The van der Waals surface area contributed by atoms with Crippen LogP contribution in [0.3, 0.4) is 0 Å². The van der Waals surface area contributed by atoms with Crippen LogP contribution in [0.1, 0.15) is 42.1 Å². The van der Waals surface area contributed by atoms with E-state index in [1.165, 1.54) is 11.1 Å². The van der Waals surface area contributed by atoms with Gasteiger partial charge in [-0.1, -0.05) is 12.1 Å². The van der Waals surface area contributed by atoms with Gasteiger partial charge in [0.1, 0.15) is 5.75 Å². The van der Waals surface area contributed by atoms with Crippen LogP contribution in [0.15, 0.2) is 48.9 Å². The van der Waals surface area contributed by atoms with Crippen molar-refractivity contribution in [2.24, 2.45) is 5.41 Å². The molecule has 2 fully saturated rings. The number of benzene rings is 1. The Hall–Kier alpha value is -3.52. The van der Waals surface area contributed by atoms with Gasteiger partial charge in [-0.2, -0.15) is 0 Å². The first-order valence-corrected chi connectivity index (χ1v) is 13.1. The van der Waals surface area contributed by atoms with Crippen molar-refractivity contribution in [1.82, 2.24) is 24.8 Å². The van der Waals surface area contributed by atoms with Gasteiger partial charge in [0.2, 0.25) is 5.91 Å². The number of fused-ring (bicyclic) bond motifs is 1. The molecule has 0 N–H and O–H groups in total. The number of aryl methyl sites for hydroxylation is 1. The van der Waals surface area contributed by atoms with Crippen molar-refractivity contribution in [2.45, 2.75) is 38.1 Å². The van der Waals surface area contributed by atoms with Gasteiger partial charge in [0.15, 0.2) is 11.6 Å². The van der Waals surface area contributed by atoms with Gasteiger partial charge in [-0.15, -0.1) is 0 Å². The van der Waals surface area contributed by atoms with Crippen molar-refractivity contribution in [3.8, 4) is 22.9 Å². The average molecular weight is 500 g/mol. The summed E-state index contributed by atoms with van der Waals surface area (Å²) < 4.78 is 10.3. The number of likely N-dealkylation sites (tertiary alicyclic amines) is 2. The second kappa shape index (κ2) is 9.74. The Labute approximate surface area is 217 Å². The normalized spacial score (nSPS) is 20.4. The Morgan fingerprint density at radius 3 is 2.38 bits per heavy atom. The van der Waals surface area contributed by atoms with Gasteiger partial charge in [0.05, 0.1) is 39.2 Å². The number of carbonyl (C=O) groups is 1. The minimum atomic E-state index is 0.171. The van der Waals surface area contributed by atoms with Crippen molar-refractivity contribution >= 4 is 5.91 Å². The zero-order valence-corrected chi connectivity index (χ0v) is 21.5. The molecule has 1 aliphatic carbocycles. The monoisotopic (exact) mass is 499 g/mol. The molecule has 0 radical (unpaired) electrons. The molecule has 4 heterocycles. The van der Waals surface area contributed by atoms with E-state index < -0.39 is 0 Å². The highest BCUT2D eigenvalue weighted by Gasteiger charge is 2.48. The molecule has 37 heavy (non-hydrogen) atoms. The van der Waals surface area contributed by atoms with Gasteiger partial charge in [0, 0.05) is 43.5 Å². The summed E-state index contributed by atoms with van der Waals surface area (Å²) in [4.78, 5) is 30.8. The van der Waals surface area contributed by atoms with Gasteiger partial charge >= 0.3 is 0 Å². The molecule has 1 amide bonds. The minimum absolute atomic E-state index is 0.171. The minimum Gasteiger partial charge on any atom is -0.495 e. The van der Waals surface area contributed by atoms with Gasteiger partial charge in [0.25, 0.3) is 0 Å². The van der Waals surface area contributed by atoms with E-state index in [0.717, 1.165) is 68.9 Å². The number of hydrogen-bond acceptors (Lipinski definition) is 7. The van der Waals surface area contributed by atoms with Crippen molar-refractivity contribution < 1.29 is 14.3 Å². The molecule has 192 valence electrons. The number of ether oxygens (including phenoxy) is 2. The van der Waals surface area contributed by atoms with Crippen LogP contribution in [0.5, 0.6) is 11.5 Å². The number of aromatic nitrogens is 3. The Morgan fingerprint density at radius 2 is 1.70 bits per heavy atom. The summed E-state index contributed by atoms with van der Waals surface area (Å²) >= 11 is 0. The van der Waals surface area contributed by atoms with Gasteiger partial charge in [-0.3, -0.25) is 14.7 Å². The maximum Gasteiger partial charge on any atom is 0.228 e. The van der Waals surface area contributed by atoms with Crippen molar-refractivity contribution in [3.63, 3.8) is 0 Å². The summed E-state index contributed by atoms with van der Waals surface area (Å²) in [5, 5.41) is 0. The summed E-state index contributed by atoms with van der Waals surface area (Å²) in [6.45, 7) is 3.94. The molecule has 3 aromatic rings. The molecule has 1 atom stereocenters. The van der Waals surface area contributed by atoms with Crippen LogP contribution in [0.25, 0.3) is 11.4 Å². The van der Waals surface area contributed by atoms with Crippen molar-refractivity contribution in [1.29, 1.82) is 0 Å². The Bertz CT molecular complexity index is 1260. The van der Waals surface area contributed by atoms with Crippen LogP contribution < -0.4 is 9.47 Å². The second-order valence-corrected chi connectivity index (χ2v) is 10.6. The molecule has 2 aliphatic heterocycles. The summed E-state index contributed by atoms with van der Waals surface area (Å²) in [6, 6.07) is 10.9. The van der Waals surface area contributed by atoms with E-state index in [1.807, 2.05) is 17.0 Å². The number of rotatable bonds is 6.